The van der Waals surface area contributed by atoms with E-state index >= 15 is 0 Å². The highest BCUT2D eigenvalue weighted by atomic mass is 16.5. The largest absolute Gasteiger partial charge is 0.515 e. The molecule has 0 aliphatic heterocycles. The molecule has 182 valence electrons. The molecule has 0 heterocycles. The number of allylic oxidation sites excluding steroid dienone is 9. The van der Waals surface area contributed by atoms with Gasteiger partial charge in [-0.2, -0.15) is 0 Å². The third-order valence-electron chi connectivity index (χ3n) is 4.68. The summed E-state index contributed by atoms with van der Waals surface area (Å²) in [4.78, 5) is 11.9. The Labute approximate surface area is 202 Å². The van der Waals surface area contributed by atoms with E-state index < -0.39 is 0 Å². The highest BCUT2D eigenvalue weighted by Gasteiger charge is 2.09. The molecular formula is C28H34O6. The topological polar surface area (TPSA) is 74.2 Å². The normalized spacial score (nSPS) is 13.7. The Bertz CT molecular complexity index is 1010. The maximum atomic E-state index is 11.9. The van der Waals surface area contributed by atoms with Crippen molar-refractivity contribution in [1.82, 2.24) is 0 Å². The summed E-state index contributed by atoms with van der Waals surface area (Å²) in [6.07, 6.45) is 16.0. The van der Waals surface area contributed by atoms with E-state index in [2.05, 4.69) is 6.58 Å². The number of carbonyl (C=O) groups is 1. The highest BCUT2D eigenvalue weighted by Crippen LogP contribution is 2.27. The molecule has 0 amide bonds. The van der Waals surface area contributed by atoms with Gasteiger partial charge in [0.2, 0.25) is 0 Å². The minimum Gasteiger partial charge on any atom is -0.515 e. The molecule has 6 heteroatoms. The van der Waals surface area contributed by atoms with Gasteiger partial charge in [0.25, 0.3) is 0 Å². The zero-order chi connectivity index (χ0) is 25.3. The predicted molar refractivity (Wildman–Crippen MR) is 137 cm³/mol. The van der Waals surface area contributed by atoms with Crippen molar-refractivity contribution in [2.75, 3.05) is 28.4 Å². The Balaban J connectivity index is 0.000000380. The average molecular weight is 467 g/mol. The average Bonchev–Trinajstić information content (AvgIpc) is 3.07. The fourth-order valence-electron chi connectivity index (χ4n) is 2.94. The Hall–Kier alpha value is -3.93. The first-order valence-corrected chi connectivity index (χ1v) is 10.7. The molecule has 0 radical (unpaired) electrons. The lowest BCUT2D eigenvalue weighted by molar-refractivity contribution is -0.111. The Morgan fingerprint density at radius 2 is 1.79 bits per heavy atom. The number of hydrogen-bond donors (Lipinski definition) is 1. The number of benzene rings is 1. The molecule has 1 aliphatic carbocycles. The number of hydrogen-bond acceptors (Lipinski definition) is 6. The van der Waals surface area contributed by atoms with Gasteiger partial charge in [-0.05, 0) is 48.8 Å². The van der Waals surface area contributed by atoms with Crippen LogP contribution >= 0.6 is 0 Å². The van der Waals surface area contributed by atoms with Crippen LogP contribution in [0.25, 0.3) is 6.08 Å². The third-order valence-corrected chi connectivity index (χ3v) is 4.68. The molecule has 0 spiro atoms. The zero-order valence-electron chi connectivity index (χ0n) is 20.5. The maximum absolute atomic E-state index is 11.9. The van der Waals surface area contributed by atoms with E-state index in [4.69, 9.17) is 24.1 Å². The minimum absolute atomic E-state index is 0.258. The molecule has 0 aromatic heterocycles. The van der Waals surface area contributed by atoms with Crippen molar-refractivity contribution in [3.05, 3.63) is 102 Å². The van der Waals surface area contributed by atoms with Crippen molar-refractivity contribution >= 4 is 11.9 Å². The van der Waals surface area contributed by atoms with Gasteiger partial charge in [-0.1, -0.05) is 42.5 Å². The van der Waals surface area contributed by atoms with Gasteiger partial charge in [0.15, 0.2) is 23.0 Å². The second-order valence-corrected chi connectivity index (χ2v) is 6.91. The van der Waals surface area contributed by atoms with Crippen LogP contribution in [-0.4, -0.2) is 39.3 Å². The van der Waals surface area contributed by atoms with Gasteiger partial charge >= 0.3 is 0 Å². The van der Waals surface area contributed by atoms with Crippen LogP contribution in [0, 0.1) is 0 Å². The van der Waals surface area contributed by atoms with Gasteiger partial charge in [0.1, 0.15) is 5.76 Å². The van der Waals surface area contributed by atoms with Crippen molar-refractivity contribution < 1.29 is 28.8 Å². The molecule has 0 fully saturated rings. The summed E-state index contributed by atoms with van der Waals surface area (Å²) in [5.74, 6) is 2.62. The van der Waals surface area contributed by atoms with Crippen molar-refractivity contribution in [3.8, 4) is 11.5 Å². The molecule has 0 saturated heterocycles. The lowest BCUT2D eigenvalue weighted by Crippen LogP contribution is -1.98. The standard InChI is InChI=1S/C17H20O4.C11H14O2/c1-4-6-14(12-18)15(19)10-9-13-7-5-8-16(20-2)17(11-13)21-3;1-4-5-9-6-7-10(12-2)11(8-9)13-3/h4-5,7,9-12,18H,1,6,8H2,2-3H3;4-8H,1-3H3/b10-9+,14-12-;5-4+. The number of carbonyl (C=O) groups excluding carboxylic acids is 1. The SMILES string of the molecule is C/C=C/c1ccc(OC)c(OC)c1.C=CC/C(=C/O)C(=O)/C=C/C1=CC(OC)=C(OC)CC=C1. The summed E-state index contributed by atoms with van der Waals surface area (Å²) >= 11 is 0. The fourth-order valence-corrected chi connectivity index (χ4v) is 2.94. The molecule has 1 aliphatic rings. The fraction of sp³-hybridized carbons (Fsp3) is 0.250. The predicted octanol–water partition coefficient (Wildman–Crippen LogP) is 6.26. The van der Waals surface area contributed by atoms with Crippen molar-refractivity contribution in [3.63, 3.8) is 0 Å². The number of rotatable bonds is 10. The van der Waals surface area contributed by atoms with E-state index in [9.17, 15) is 4.79 Å². The Kier molecular flexibility index (Phi) is 13.1. The highest BCUT2D eigenvalue weighted by molar-refractivity contribution is 6.04. The second kappa shape index (κ2) is 15.8. The van der Waals surface area contributed by atoms with Crippen LogP contribution in [0.15, 0.2) is 96.2 Å². The molecule has 2 rings (SSSR count). The summed E-state index contributed by atoms with van der Waals surface area (Å²) in [6, 6.07) is 5.83. The van der Waals surface area contributed by atoms with E-state index in [1.165, 1.54) is 6.08 Å². The molecular weight excluding hydrogens is 432 g/mol. The van der Waals surface area contributed by atoms with E-state index in [0.29, 0.717) is 24.2 Å². The molecule has 6 nitrogen and oxygen atoms in total. The molecule has 0 unspecified atom stereocenters. The van der Waals surface area contributed by atoms with Crippen LogP contribution in [0.1, 0.15) is 25.3 Å². The van der Waals surface area contributed by atoms with Crippen LogP contribution < -0.4 is 9.47 Å². The van der Waals surface area contributed by atoms with Gasteiger partial charge < -0.3 is 24.1 Å². The first-order valence-electron chi connectivity index (χ1n) is 10.7. The van der Waals surface area contributed by atoms with Gasteiger partial charge in [0, 0.05) is 12.0 Å². The number of aliphatic hydroxyl groups excluding tert-OH is 1. The third kappa shape index (κ3) is 8.90. The van der Waals surface area contributed by atoms with Crippen LogP contribution in [0.3, 0.4) is 0 Å². The van der Waals surface area contributed by atoms with Crippen molar-refractivity contribution in [1.29, 1.82) is 0 Å². The van der Waals surface area contributed by atoms with Gasteiger partial charge in [-0.3, -0.25) is 4.79 Å². The van der Waals surface area contributed by atoms with Gasteiger partial charge in [0.05, 0.1) is 34.7 Å². The Morgan fingerprint density at radius 1 is 1.06 bits per heavy atom. The molecule has 1 aromatic rings. The first kappa shape index (κ1) is 28.1. The number of methoxy groups -OCH3 is 4. The van der Waals surface area contributed by atoms with E-state index in [1.807, 2.05) is 49.4 Å². The van der Waals surface area contributed by atoms with Crippen molar-refractivity contribution in [2.24, 2.45) is 0 Å². The molecule has 0 atom stereocenters. The lowest BCUT2D eigenvalue weighted by atomic mass is 10.1. The second-order valence-electron chi connectivity index (χ2n) is 6.91. The van der Waals surface area contributed by atoms with Crippen LogP contribution in [0.5, 0.6) is 11.5 Å². The molecule has 34 heavy (non-hydrogen) atoms. The smallest absolute Gasteiger partial charge is 0.185 e. The molecule has 0 bridgehead atoms. The number of ether oxygens (including phenoxy) is 4. The monoisotopic (exact) mass is 466 g/mol. The summed E-state index contributed by atoms with van der Waals surface area (Å²) < 4.78 is 20.8. The summed E-state index contributed by atoms with van der Waals surface area (Å²) in [5.41, 5.74) is 2.21. The molecule has 0 saturated carbocycles. The summed E-state index contributed by atoms with van der Waals surface area (Å²) in [7, 11) is 6.43. The van der Waals surface area contributed by atoms with Crippen LogP contribution in [0.4, 0.5) is 0 Å². The molecule has 1 aromatic carbocycles. The van der Waals surface area contributed by atoms with Crippen molar-refractivity contribution in [2.45, 2.75) is 19.8 Å². The zero-order valence-corrected chi connectivity index (χ0v) is 20.5. The Morgan fingerprint density at radius 3 is 2.35 bits per heavy atom. The van der Waals surface area contributed by atoms with E-state index in [-0.39, 0.29) is 5.78 Å². The minimum atomic E-state index is -0.258. The summed E-state index contributed by atoms with van der Waals surface area (Å²) in [6.45, 7) is 5.53. The first-order chi connectivity index (χ1) is 16.5. The van der Waals surface area contributed by atoms with Crippen LogP contribution in [0.2, 0.25) is 0 Å². The van der Waals surface area contributed by atoms with Gasteiger partial charge in [-0.25, -0.2) is 0 Å². The summed E-state index contributed by atoms with van der Waals surface area (Å²) in [5, 5.41) is 9.02. The maximum Gasteiger partial charge on any atom is 0.185 e. The number of ketones is 1. The molecule has 1 N–H and O–H groups in total. The van der Waals surface area contributed by atoms with Gasteiger partial charge in [-0.15, -0.1) is 6.58 Å². The quantitative estimate of drug-likeness (QED) is 0.249. The van der Waals surface area contributed by atoms with Crippen LogP contribution in [-0.2, 0) is 14.3 Å². The van der Waals surface area contributed by atoms with E-state index in [1.54, 1.807) is 46.7 Å². The lowest BCUT2D eigenvalue weighted by Gasteiger charge is -2.07. The number of aliphatic hydroxyl groups is 1. The van der Waals surface area contributed by atoms with E-state index in [0.717, 1.165) is 34.7 Å².